The van der Waals surface area contributed by atoms with Crippen molar-refractivity contribution in [2.75, 3.05) is 49.8 Å². The quantitative estimate of drug-likeness (QED) is 0.178. The zero-order valence-electron chi connectivity index (χ0n) is 23.3. The molecule has 0 amide bonds. The van der Waals surface area contributed by atoms with Crippen LogP contribution in [0.25, 0.3) is 33.2 Å². The molecule has 0 radical (unpaired) electrons. The summed E-state index contributed by atoms with van der Waals surface area (Å²) >= 11 is 0. The molecule has 0 fully saturated rings. The van der Waals surface area contributed by atoms with Crippen molar-refractivity contribution in [2.45, 2.75) is 19.4 Å². The number of nitrogens with zero attached hydrogens (tertiary/aromatic N) is 4. The van der Waals surface area contributed by atoms with E-state index in [9.17, 15) is 8.42 Å². The molecule has 3 aromatic carbocycles. The zero-order valence-corrected chi connectivity index (χ0v) is 24.1. The lowest BCUT2D eigenvalue weighted by atomic mass is 10.1. The molecule has 2 heterocycles. The summed E-state index contributed by atoms with van der Waals surface area (Å²) in [5.74, 6) is 1.76. The fourth-order valence-corrected chi connectivity index (χ4v) is 5.22. The van der Waals surface area contributed by atoms with Crippen LogP contribution in [0, 0.1) is 0 Å². The van der Waals surface area contributed by atoms with Crippen LogP contribution in [-0.4, -0.2) is 66.9 Å². The van der Waals surface area contributed by atoms with Crippen molar-refractivity contribution >= 4 is 43.1 Å². The van der Waals surface area contributed by atoms with Crippen LogP contribution in [0.4, 0.5) is 11.5 Å². The topological polar surface area (TPSA) is 137 Å². The van der Waals surface area contributed by atoms with Crippen molar-refractivity contribution in [1.29, 1.82) is 0 Å². The molecule has 0 aliphatic carbocycles. The first-order chi connectivity index (χ1) is 19.8. The number of methoxy groups -OCH3 is 1. The summed E-state index contributed by atoms with van der Waals surface area (Å²) in [5, 5.41) is 12.9. The lowest BCUT2D eigenvalue weighted by Crippen LogP contribution is -2.23. The molecule has 5 aromatic rings. The average molecular weight is 574 g/mol. The van der Waals surface area contributed by atoms with Crippen molar-refractivity contribution < 1.29 is 13.2 Å². The third-order valence-electron chi connectivity index (χ3n) is 6.87. The van der Waals surface area contributed by atoms with Gasteiger partial charge in [-0.3, -0.25) is 4.68 Å². The molecule has 0 aliphatic rings. The maximum Gasteiger partial charge on any atom is 0.162 e. The number of rotatable bonds is 13. The number of anilines is 2. The minimum absolute atomic E-state index is 0.152. The molecule has 10 nitrogen and oxygen atoms in total. The van der Waals surface area contributed by atoms with Gasteiger partial charge in [0.15, 0.2) is 5.82 Å². The molecule has 11 heteroatoms. The van der Waals surface area contributed by atoms with Crippen LogP contribution in [-0.2, 0) is 16.4 Å². The molecule has 0 bridgehead atoms. The van der Waals surface area contributed by atoms with Gasteiger partial charge in [0, 0.05) is 41.7 Å². The summed E-state index contributed by atoms with van der Waals surface area (Å²) < 4.78 is 30.0. The number of hydrogen-bond donors (Lipinski definition) is 3. The Morgan fingerprint density at radius 2 is 1.78 bits per heavy atom. The molecule has 41 heavy (non-hydrogen) atoms. The number of fused-ring (bicyclic) bond motifs is 2. The summed E-state index contributed by atoms with van der Waals surface area (Å²) in [4.78, 5) is 9.44. The molecular weight excluding hydrogens is 538 g/mol. The van der Waals surface area contributed by atoms with Crippen molar-refractivity contribution in [3.05, 3.63) is 72.4 Å². The summed E-state index contributed by atoms with van der Waals surface area (Å²) in [7, 11) is -1.31. The van der Waals surface area contributed by atoms with Gasteiger partial charge in [0.1, 0.15) is 21.4 Å². The van der Waals surface area contributed by atoms with E-state index in [1.807, 2.05) is 59.4 Å². The molecule has 0 unspecified atom stereocenters. The van der Waals surface area contributed by atoms with E-state index >= 15 is 0 Å². The maximum atomic E-state index is 11.2. The smallest absolute Gasteiger partial charge is 0.162 e. The molecule has 0 aliphatic heterocycles. The van der Waals surface area contributed by atoms with Crippen LogP contribution < -0.4 is 21.1 Å². The zero-order chi connectivity index (χ0) is 28.8. The van der Waals surface area contributed by atoms with Gasteiger partial charge in [-0.1, -0.05) is 30.3 Å². The number of unbranched alkanes of at least 4 members (excludes halogenated alkanes) is 1. The average Bonchev–Trinajstić information content (AvgIpc) is 3.35. The van der Waals surface area contributed by atoms with E-state index in [1.54, 1.807) is 7.11 Å². The SMILES string of the molecule is COc1cc2nc(-c3ccc4c(cnn4Cc4ccccc4)c3)nc(N)c2cc1NCCCCNCCS(C)(=O)=O. The summed E-state index contributed by atoms with van der Waals surface area (Å²) in [5.41, 5.74) is 11.0. The van der Waals surface area contributed by atoms with Gasteiger partial charge in [0.2, 0.25) is 0 Å². The van der Waals surface area contributed by atoms with Crippen LogP contribution >= 0.6 is 0 Å². The van der Waals surface area contributed by atoms with Gasteiger partial charge in [-0.25, -0.2) is 18.4 Å². The first-order valence-electron chi connectivity index (χ1n) is 13.6. The van der Waals surface area contributed by atoms with Crippen LogP contribution in [0.15, 0.2) is 66.9 Å². The summed E-state index contributed by atoms with van der Waals surface area (Å²) in [6, 6.07) is 20.1. The van der Waals surface area contributed by atoms with Crippen molar-refractivity contribution in [2.24, 2.45) is 0 Å². The van der Waals surface area contributed by atoms with Crippen LogP contribution in [0.1, 0.15) is 18.4 Å². The number of nitrogens with two attached hydrogens (primary N) is 1. The molecule has 0 saturated heterocycles. The molecule has 5 rings (SSSR count). The molecular formula is C30H35N7O3S. The Bertz CT molecular complexity index is 1760. The number of nitrogens with one attached hydrogen (secondary N) is 2. The van der Waals surface area contributed by atoms with Crippen molar-refractivity contribution in [3.8, 4) is 17.1 Å². The molecule has 214 valence electrons. The summed E-state index contributed by atoms with van der Waals surface area (Å²) in [6.07, 6.45) is 4.93. The standard InChI is InChI=1S/C30H35N7O3S/c1-40-28-18-25-24(17-26(28)33-13-7-6-12-32-14-15-41(2,38)39)29(31)36-30(35-25)22-10-11-27-23(16-22)19-34-37(27)20-21-8-4-3-5-9-21/h3-5,8-11,16-19,32-33H,6-7,12-15,20H2,1-2H3,(H2,31,35,36). The van der Waals surface area contributed by atoms with Crippen molar-refractivity contribution in [3.63, 3.8) is 0 Å². The molecule has 0 saturated carbocycles. The van der Waals surface area contributed by atoms with E-state index in [-0.39, 0.29) is 5.75 Å². The Kier molecular flexibility index (Phi) is 8.65. The number of hydrogen-bond acceptors (Lipinski definition) is 9. The molecule has 0 atom stereocenters. The van der Waals surface area contributed by atoms with E-state index in [0.29, 0.717) is 36.0 Å². The maximum absolute atomic E-state index is 11.2. The minimum Gasteiger partial charge on any atom is -0.495 e. The van der Waals surface area contributed by atoms with E-state index in [1.165, 1.54) is 11.8 Å². The number of sulfone groups is 1. The lowest BCUT2D eigenvalue weighted by molar-refractivity contribution is 0.417. The Morgan fingerprint density at radius 1 is 0.976 bits per heavy atom. The van der Waals surface area contributed by atoms with Crippen LogP contribution in [0.2, 0.25) is 0 Å². The highest BCUT2D eigenvalue weighted by Gasteiger charge is 2.14. The summed E-state index contributed by atoms with van der Waals surface area (Å²) in [6.45, 7) is 2.65. The predicted octanol–water partition coefficient (Wildman–Crippen LogP) is 4.11. The second kappa shape index (κ2) is 12.5. The highest BCUT2D eigenvalue weighted by atomic mass is 32.2. The van der Waals surface area contributed by atoms with Crippen LogP contribution in [0.5, 0.6) is 5.75 Å². The van der Waals surface area contributed by atoms with Gasteiger partial charge < -0.3 is 21.1 Å². The van der Waals surface area contributed by atoms with Gasteiger partial charge in [0.25, 0.3) is 0 Å². The number of benzene rings is 3. The Balaban J connectivity index is 1.28. The molecule has 4 N–H and O–H groups in total. The van der Waals surface area contributed by atoms with Gasteiger partial charge in [-0.15, -0.1) is 0 Å². The first-order valence-corrected chi connectivity index (χ1v) is 15.6. The third kappa shape index (κ3) is 7.11. The highest BCUT2D eigenvalue weighted by Crippen LogP contribution is 2.33. The highest BCUT2D eigenvalue weighted by molar-refractivity contribution is 7.90. The second-order valence-electron chi connectivity index (χ2n) is 10.1. The number of aromatic nitrogens is 4. The van der Waals surface area contributed by atoms with Gasteiger partial charge >= 0.3 is 0 Å². The Hall–Kier alpha value is -4.22. The van der Waals surface area contributed by atoms with Crippen molar-refractivity contribution in [1.82, 2.24) is 25.1 Å². The minimum atomic E-state index is -2.94. The normalized spacial score (nSPS) is 11.8. The fourth-order valence-electron chi connectivity index (χ4n) is 4.71. The van der Waals surface area contributed by atoms with E-state index < -0.39 is 9.84 Å². The Labute approximate surface area is 239 Å². The van der Waals surface area contributed by atoms with E-state index in [2.05, 4.69) is 32.8 Å². The van der Waals surface area contributed by atoms with Gasteiger partial charge in [-0.2, -0.15) is 5.10 Å². The molecule has 0 spiro atoms. The van der Waals surface area contributed by atoms with Gasteiger partial charge in [0.05, 0.1) is 42.3 Å². The van der Waals surface area contributed by atoms with Gasteiger partial charge in [-0.05, 0) is 49.2 Å². The predicted molar refractivity (Wildman–Crippen MR) is 165 cm³/mol. The Morgan fingerprint density at radius 3 is 2.56 bits per heavy atom. The van der Waals surface area contributed by atoms with E-state index in [0.717, 1.165) is 53.5 Å². The third-order valence-corrected chi connectivity index (χ3v) is 7.81. The van der Waals surface area contributed by atoms with Crippen LogP contribution in [0.3, 0.4) is 0 Å². The number of ether oxygens (including phenoxy) is 1. The molecule has 2 aromatic heterocycles. The first kappa shape index (κ1) is 28.3. The lowest BCUT2D eigenvalue weighted by Gasteiger charge is -2.14. The monoisotopic (exact) mass is 573 g/mol. The fraction of sp³-hybridized carbons (Fsp3) is 0.300. The second-order valence-corrected chi connectivity index (χ2v) is 12.3. The largest absolute Gasteiger partial charge is 0.495 e. The number of nitrogen functional groups attached to an aromatic ring is 1. The van der Waals surface area contributed by atoms with E-state index in [4.69, 9.17) is 15.5 Å².